The average Bonchev–Trinajstić information content (AvgIpc) is 2.98. The second kappa shape index (κ2) is 4.84. The van der Waals surface area contributed by atoms with Gasteiger partial charge in [-0.2, -0.15) is 0 Å². The fraction of sp³-hybridized carbons (Fsp3) is 0.400. The molecule has 3 rings (SSSR count). The number of halogens is 1. The van der Waals surface area contributed by atoms with Gasteiger partial charge < -0.3 is 5.11 Å². The van der Waals surface area contributed by atoms with Crippen LogP contribution in [0.5, 0.6) is 0 Å². The van der Waals surface area contributed by atoms with Crippen molar-refractivity contribution in [3.8, 4) is 0 Å². The lowest BCUT2D eigenvalue weighted by Crippen LogP contribution is -2.35. The van der Waals surface area contributed by atoms with Crippen molar-refractivity contribution in [3.05, 3.63) is 28.8 Å². The van der Waals surface area contributed by atoms with Crippen molar-refractivity contribution in [1.82, 2.24) is 0 Å². The molecule has 1 aliphatic heterocycles. The zero-order valence-electron chi connectivity index (χ0n) is 11.3. The molecule has 1 saturated carbocycles. The molecule has 110 valence electrons. The van der Waals surface area contributed by atoms with E-state index in [4.69, 9.17) is 11.6 Å². The molecule has 6 heteroatoms. The van der Waals surface area contributed by atoms with Gasteiger partial charge in [-0.3, -0.25) is 9.59 Å². The molecule has 1 N–H and O–H groups in total. The van der Waals surface area contributed by atoms with E-state index >= 15 is 0 Å². The summed E-state index contributed by atoms with van der Waals surface area (Å²) in [5.41, 5.74) is -0.628. The number of rotatable bonds is 2. The van der Waals surface area contributed by atoms with Crippen molar-refractivity contribution >= 4 is 35.1 Å². The lowest BCUT2D eigenvalue weighted by Gasteiger charge is -2.22. The molecule has 1 aromatic rings. The fourth-order valence-electron chi connectivity index (χ4n) is 3.36. The highest BCUT2D eigenvalue weighted by atomic mass is 35.5. The van der Waals surface area contributed by atoms with Gasteiger partial charge in [0.2, 0.25) is 11.8 Å². The third-order valence-corrected chi connectivity index (χ3v) is 4.62. The largest absolute Gasteiger partial charge is 0.478 e. The monoisotopic (exact) mass is 307 g/mol. The summed E-state index contributed by atoms with van der Waals surface area (Å²) in [4.78, 5) is 37.3. The van der Waals surface area contributed by atoms with Gasteiger partial charge >= 0.3 is 5.97 Å². The van der Waals surface area contributed by atoms with E-state index in [9.17, 15) is 19.5 Å². The van der Waals surface area contributed by atoms with Crippen LogP contribution >= 0.6 is 11.6 Å². The molecule has 1 aromatic carbocycles. The Morgan fingerprint density at radius 2 is 1.90 bits per heavy atom. The van der Waals surface area contributed by atoms with Gasteiger partial charge in [0.1, 0.15) is 0 Å². The first-order valence-electron chi connectivity index (χ1n) is 6.85. The van der Waals surface area contributed by atoms with Gasteiger partial charge in [-0.25, -0.2) is 9.69 Å². The number of amides is 2. The minimum absolute atomic E-state index is 0.116. The molecule has 1 spiro atoms. The second-order valence-corrected chi connectivity index (χ2v) is 6.10. The van der Waals surface area contributed by atoms with Gasteiger partial charge in [0.05, 0.1) is 16.7 Å². The van der Waals surface area contributed by atoms with E-state index in [0.29, 0.717) is 12.8 Å². The van der Waals surface area contributed by atoms with Crippen LogP contribution < -0.4 is 4.90 Å². The molecule has 0 radical (unpaired) electrons. The summed E-state index contributed by atoms with van der Waals surface area (Å²) in [6.45, 7) is 0. The van der Waals surface area contributed by atoms with Gasteiger partial charge in [0.15, 0.2) is 0 Å². The molecule has 0 aromatic heterocycles. The first kappa shape index (κ1) is 14.1. The highest BCUT2D eigenvalue weighted by molar-refractivity contribution is 6.31. The zero-order chi connectivity index (χ0) is 15.2. The molecule has 2 amide bonds. The fourth-order valence-corrected chi connectivity index (χ4v) is 3.53. The van der Waals surface area contributed by atoms with Crippen LogP contribution in [0.15, 0.2) is 18.2 Å². The lowest BCUT2D eigenvalue weighted by atomic mass is 9.84. The molecule has 1 aliphatic carbocycles. The van der Waals surface area contributed by atoms with Crippen molar-refractivity contribution in [1.29, 1.82) is 0 Å². The summed E-state index contributed by atoms with van der Waals surface area (Å²) in [5.74, 6) is -1.80. The molecule has 5 nitrogen and oxygen atoms in total. The van der Waals surface area contributed by atoms with E-state index in [0.717, 1.165) is 17.7 Å². The summed E-state index contributed by atoms with van der Waals surface area (Å²) in [6, 6.07) is 4.18. The number of nitrogens with zero attached hydrogens (tertiary/aromatic N) is 1. The van der Waals surface area contributed by atoms with Gasteiger partial charge in [-0.15, -0.1) is 0 Å². The topological polar surface area (TPSA) is 74.7 Å². The Bertz CT molecular complexity index is 649. The molecule has 0 atom stereocenters. The van der Waals surface area contributed by atoms with E-state index in [1.807, 2.05) is 0 Å². The van der Waals surface area contributed by atoms with E-state index in [2.05, 4.69) is 0 Å². The molecular formula is C15H14ClNO4. The molecule has 2 aliphatic rings. The van der Waals surface area contributed by atoms with Crippen LogP contribution in [-0.4, -0.2) is 22.9 Å². The number of carboxylic acid groups (broad SMARTS) is 1. The highest BCUT2D eigenvalue weighted by Crippen LogP contribution is 2.48. The molecule has 0 bridgehead atoms. The minimum atomic E-state index is -1.21. The third-order valence-electron chi connectivity index (χ3n) is 4.39. The van der Waals surface area contributed by atoms with Crippen LogP contribution in [0.4, 0.5) is 5.69 Å². The summed E-state index contributed by atoms with van der Waals surface area (Å²) in [5, 5.41) is 9.53. The Morgan fingerprint density at radius 3 is 2.52 bits per heavy atom. The highest BCUT2D eigenvalue weighted by Gasteiger charge is 2.53. The van der Waals surface area contributed by atoms with Crippen LogP contribution in [0.2, 0.25) is 5.02 Å². The van der Waals surface area contributed by atoms with Gasteiger partial charge in [0.25, 0.3) is 0 Å². The first-order chi connectivity index (χ1) is 9.94. The van der Waals surface area contributed by atoms with Crippen LogP contribution in [0.25, 0.3) is 0 Å². The van der Waals surface area contributed by atoms with Crippen molar-refractivity contribution < 1.29 is 19.5 Å². The number of aromatic carboxylic acids is 1. The molecule has 0 unspecified atom stereocenters. The number of hydrogen-bond donors (Lipinski definition) is 1. The van der Waals surface area contributed by atoms with Crippen LogP contribution in [-0.2, 0) is 9.59 Å². The molecular weight excluding hydrogens is 294 g/mol. The molecule has 2 fully saturated rings. The van der Waals surface area contributed by atoms with E-state index in [1.54, 1.807) is 0 Å². The summed E-state index contributed by atoms with van der Waals surface area (Å²) in [6.07, 6.45) is 3.43. The van der Waals surface area contributed by atoms with Crippen molar-refractivity contribution in [2.24, 2.45) is 5.41 Å². The summed E-state index contributed by atoms with van der Waals surface area (Å²) < 4.78 is 0. The Hall–Kier alpha value is -1.88. The van der Waals surface area contributed by atoms with Gasteiger partial charge in [-0.1, -0.05) is 24.4 Å². The SMILES string of the molecule is O=C(O)c1cc(Cl)ccc1N1C(=O)CC2(CCCC2)C1=O. The lowest BCUT2D eigenvalue weighted by molar-refractivity contribution is -0.125. The number of carbonyl (C=O) groups excluding carboxylic acids is 2. The number of anilines is 1. The number of carbonyl (C=O) groups is 3. The predicted octanol–water partition coefficient (Wildman–Crippen LogP) is 2.86. The quantitative estimate of drug-likeness (QED) is 0.853. The summed E-state index contributed by atoms with van der Waals surface area (Å²) >= 11 is 5.81. The second-order valence-electron chi connectivity index (χ2n) is 5.67. The van der Waals surface area contributed by atoms with Crippen LogP contribution in [0.3, 0.4) is 0 Å². The average molecular weight is 308 g/mol. The zero-order valence-corrected chi connectivity index (χ0v) is 12.0. The van der Waals surface area contributed by atoms with Crippen molar-refractivity contribution in [2.45, 2.75) is 32.1 Å². The maximum Gasteiger partial charge on any atom is 0.337 e. The molecule has 1 saturated heterocycles. The molecule has 21 heavy (non-hydrogen) atoms. The third kappa shape index (κ3) is 2.12. The maximum absolute atomic E-state index is 12.7. The Balaban J connectivity index is 2.07. The van der Waals surface area contributed by atoms with E-state index in [1.165, 1.54) is 18.2 Å². The van der Waals surface area contributed by atoms with E-state index < -0.39 is 11.4 Å². The van der Waals surface area contributed by atoms with E-state index in [-0.39, 0.29) is 34.5 Å². The van der Waals surface area contributed by atoms with Gasteiger partial charge in [0, 0.05) is 11.4 Å². The van der Waals surface area contributed by atoms with Gasteiger partial charge in [-0.05, 0) is 31.0 Å². The minimum Gasteiger partial charge on any atom is -0.478 e. The van der Waals surface area contributed by atoms with Crippen molar-refractivity contribution in [2.75, 3.05) is 4.90 Å². The first-order valence-corrected chi connectivity index (χ1v) is 7.23. The number of benzene rings is 1. The molecule has 1 heterocycles. The normalized spacial score (nSPS) is 20.5. The van der Waals surface area contributed by atoms with Crippen molar-refractivity contribution in [3.63, 3.8) is 0 Å². The standard InChI is InChI=1S/C15H14ClNO4/c16-9-3-4-11(10(7-9)13(19)20)17-12(18)8-15(14(17)21)5-1-2-6-15/h3-4,7H,1-2,5-6,8H2,(H,19,20). The Morgan fingerprint density at radius 1 is 1.24 bits per heavy atom. The Labute approximate surface area is 126 Å². The van der Waals surface area contributed by atoms with Crippen LogP contribution in [0.1, 0.15) is 42.5 Å². The number of imide groups is 1. The smallest absolute Gasteiger partial charge is 0.337 e. The number of hydrogen-bond acceptors (Lipinski definition) is 3. The summed E-state index contributed by atoms with van der Waals surface area (Å²) in [7, 11) is 0. The number of carboxylic acids is 1. The Kier molecular flexibility index (Phi) is 3.24. The predicted molar refractivity (Wildman–Crippen MR) is 76.4 cm³/mol. The van der Waals surface area contributed by atoms with Crippen LogP contribution in [0, 0.1) is 5.41 Å². The maximum atomic E-state index is 12.7.